The van der Waals surface area contributed by atoms with Crippen LogP contribution in [0, 0.1) is 0 Å². The first-order valence-corrected chi connectivity index (χ1v) is 15.6. The average molecular weight is 659 g/mol. The maximum Gasteiger partial charge on any atom is 0.483 e. The lowest BCUT2D eigenvalue weighted by Crippen LogP contribution is -2.61. The van der Waals surface area contributed by atoms with Gasteiger partial charge in [-0.2, -0.15) is 4.31 Å². The predicted molar refractivity (Wildman–Crippen MR) is 135 cm³/mol. The first kappa shape index (κ1) is 32.6. The molecule has 9 N–H and O–H groups in total. The van der Waals surface area contributed by atoms with Gasteiger partial charge in [-0.25, -0.2) is 24.1 Å². The Balaban J connectivity index is 1.26. The van der Waals surface area contributed by atoms with Crippen LogP contribution in [0.2, 0.25) is 0 Å². The second kappa shape index (κ2) is 11.9. The third-order valence-corrected chi connectivity index (χ3v) is 9.41. The van der Waals surface area contributed by atoms with E-state index >= 15 is 0 Å². The molecule has 0 saturated carbocycles. The van der Waals surface area contributed by atoms with Crippen molar-refractivity contribution in [3.63, 3.8) is 0 Å². The number of phosphoric ester groups is 2. The van der Waals surface area contributed by atoms with E-state index in [1.54, 1.807) is 13.8 Å². The molecule has 0 bridgehead atoms. The van der Waals surface area contributed by atoms with Crippen LogP contribution in [0.3, 0.4) is 0 Å². The number of ether oxygens (including phenoxy) is 4. The molecule has 0 spiro atoms. The molecule has 0 amide bonds. The van der Waals surface area contributed by atoms with Gasteiger partial charge in [-0.15, -0.1) is 0 Å². The van der Waals surface area contributed by atoms with Gasteiger partial charge in [-0.1, -0.05) is 0 Å². The minimum Gasteiger partial charge on any atom is -0.394 e. The van der Waals surface area contributed by atoms with Crippen molar-refractivity contribution < 1.29 is 76.8 Å². The molecule has 0 radical (unpaired) electrons. The van der Waals surface area contributed by atoms with Crippen molar-refractivity contribution >= 4 is 32.6 Å². The van der Waals surface area contributed by atoms with Gasteiger partial charge in [0.05, 0.1) is 19.5 Å². The molecule has 21 nitrogen and oxygen atoms in total. The Morgan fingerprint density at radius 2 is 1.74 bits per heavy atom. The summed E-state index contributed by atoms with van der Waals surface area (Å²) in [6.07, 6.45) is -13.1. The highest BCUT2D eigenvalue weighted by molar-refractivity contribution is 7.61. The minimum absolute atomic E-state index is 0.119. The molecule has 12 atom stereocenters. The van der Waals surface area contributed by atoms with Gasteiger partial charge in [0.2, 0.25) is 0 Å². The number of imidazole rings is 1. The molecule has 0 aromatic carbocycles. The summed E-state index contributed by atoms with van der Waals surface area (Å²) in [7, 11) is -11.0. The summed E-state index contributed by atoms with van der Waals surface area (Å²) in [5.74, 6) is -0.984. The lowest BCUT2D eigenvalue weighted by atomic mass is 9.96. The summed E-state index contributed by atoms with van der Waals surface area (Å²) in [6.45, 7) is 1.58. The molecule has 3 aliphatic rings. The second-order valence-electron chi connectivity index (χ2n) is 10.3. The Labute approximate surface area is 241 Å². The third kappa shape index (κ3) is 6.63. The Morgan fingerprint density at radius 1 is 1.05 bits per heavy atom. The van der Waals surface area contributed by atoms with Crippen molar-refractivity contribution in [2.75, 3.05) is 18.9 Å². The summed E-state index contributed by atoms with van der Waals surface area (Å²) in [5.41, 5.74) is 6.46. The largest absolute Gasteiger partial charge is 0.483 e. The van der Waals surface area contributed by atoms with E-state index in [-0.39, 0.29) is 5.82 Å². The summed E-state index contributed by atoms with van der Waals surface area (Å²) >= 11 is 0. The van der Waals surface area contributed by atoms with Gasteiger partial charge in [0, 0.05) is 0 Å². The molecule has 5 rings (SSSR count). The van der Waals surface area contributed by atoms with Crippen LogP contribution in [0.1, 0.15) is 20.1 Å². The fourth-order valence-corrected chi connectivity index (χ4v) is 7.09. The molecule has 3 saturated heterocycles. The maximum absolute atomic E-state index is 12.6. The van der Waals surface area contributed by atoms with Crippen LogP contribution >= 0.6 is 15.6 Å². The van der Waals surface area contributed by atoms with Crippen molar-refractivity contribution in [1.82, 2.24) is 19.5 Å². The maximum atomic E-state index is 12.6. The first-order chi connectivity index (χ1) is 20.0. The SMILES string of the molecule is CC1(C)OC2[C@@H](O1)[C@@H](COP(=O)(O)OP(=O)(O)O[C@@H]1OC([C@H](O)CO)[C@@H](O)[C@H](O)C1O)O[C@H]2n1cnc2c(N)ncnc21. The molecule has 23 heteroatoms. The van der Waals surface area contributed by atoms with Crippen molar-refractivity contribution in [1.29, 1.82) is 0 Å². The number of anilines is 1. The Kier molecular flexibility index (Phi) is 9.02. The van der Waals surface area contributed by atoms with Crippen LogP contribution in [0.25, 0.3) is 11.2 Å². The predicted octanol–water partition coefficient (Wildman–Crippen LogP) is -2.76. The highest BCUT2D eigenvalue weighted by Gasteiger charge is 2.57. The zero-order chi connectivity index (χ0) is 31.5. The normalized spacial score (nSPS) is 37.6. The van der Waals surface area contributed by atoms with Gasteiger partial charge in [0.25, 0.3) is 0 Å². The van der Waals surface area contributed by atoms with Gasteiger partial charge in [-0.3, -0.25) is 13.6 Å². The van der Waals surface area contributed by atoms with E-state index in [9.17, 15) is 39.3 Å². The van der Waals surface area contributed by atoms with Gasteiger partial charge >= 0.3 is 15.6 Å². The number of nitrogens with zero attached hydrogens (tertiary/aromatic N) is 4. The monoisotopic (exact) mass is 659 g/mol. The number of nitrogens with two attached hydrogens (primary N) is 1. The Hall–Kier alpha value is -1.75. The zero-order valence-corrected chi connectivity index (χ0v) is 24.2. The lowest BCUT2D eigenvalue weighted by molar-refractivity contribution is -0.292. The molecule has 0 aliphatic carbocycles. The van der Waals surface area contributed by atoms with Gasteiger partial charge in [0.15, 0.2) is 29.8 Å². The van der Waals surface area contributed by atoms with E-state index in [1.165, 1.54) is 17.2 Å². The number of phosphoric acid groups is 2. The lowest BCUT2D eigenvalue weighted by Gasteiger charge is -2.41. The second-order valence-corrected chi connectivity index (χ2v) is 13.3. The molecule has 43 heavy (non-hydrogen) atoms. The Morgan fingerprint density at radius 3 is 2.44 bits per heavy atom. The molecule has 3 fully saturated rings. The minimum atomic E-state index is -5.61. The Bertz CT molecular complexity index is 1410. The van der Waals surface area contributed by atoms with Crippen LogP contribution < -0.4 is 5.73 Å². The zero-order valence-electron chi connectivity index (χ0n) is 22.4. The molecule has 3 aliphatic heterocycles. The summed E-state index contributed by atoms with van der Waals surface area (Å²) in [6, 6.07) is 0. The number of fused-ring (bicyclic) bond motifs is 2. The van der Waals surface area contributed by atoms with E-state index in [2.05, 4.69) is 23.8 Å². The van der Waals surface area contributed by atoms with E-state index in [0.717, 1.165) is 0 Å². The molecule has 5 unspecified atom stereocenters. The highest BCUT2D eigenvalue weighted by atomic mass is 31.3. The fraction of sp³-hybridized carbons (Fsp3) is 0.750. The average Bonchev–Trinajstić information content (AvgIpc) is 3.58. The van der Waals surface area contributed by atoms with Crippen LogP contribution in [-0.4, -0.2) is 129 Å². The molecule has 5 heterocycles. The molecule has 242 valence electrons. The molecular weight excluding hydrogens is 628 g/mol. The van der Waals surface area contributed by atoms with Crippen molar-refractivity contribution in [2.45, 2.75) is 81.0 Å². The quantitative estimate of drug-likeness (QED) is 0.120. The molecule has 2 aromatic rings. The number of aliphatic hydroxyl groups is 5. The van der Waals surface area contributed by atoms with Crippen molar-refractivity contribution in [3.05, 3.63) is 12.7 Å². The smallest absolute Gasteiger partial charge is 0.394 e. The van der Waals surface area contributed by atoms with Crippen LogP contribution in [0.4, 0.5) is 5.82 Å². The highest BCUT2D eigenvalue weighted by Crippen LogP contribution is 2.61. The van der Waals surface area contributed by atoms with E-state index < -0.39 is 96.0 Å². The first-order valence-electron chi connectivity index (χ1n) is 12.6. The summed E-state index contributed by atoms with van der Waals surface area (Å²) in [5, 5.41) is 48.9. The topological polar surface area (TPSA) is 310 Å². The molecule has 2 aromatic heterocycles. The number of hydrogen-bond acceptors (Lipinski definition) is 18. The van der Waals surface area contributed by atoms with Gasteiger partial charge < -0.3 is 60.0 Å². The van der Waals surface area contributed by atoms with E-state index in [0.29, 0.717) is 11.2 Å². The van der Waals surface area contributed by atoms with E-state index in [4.69, 9.17) is 34.3 Å². The molecular formula is C20H31N5O16P2. The summed E-state index contributed by atoms with van der Waals surface area (Å²) in [4.78, 5) is 32.5. The van der Waals surface area contributed by atoms with Crippen molar-refractivity contribution in [2.24, 2.45) is 0 Å². The third-order valence-electron chi connectivity index (χ3n) is 6.80. The van der Waals surface area contributed by atoms with Crippen LogP contribution in [0.5, 0.6) is 0 Å². The number of aromatic nitrogens is 4. The van der Waals surface area contributed by atoms with Crippen LogP contribution in [0.15, 0.2) is 12.7 Å². The van der Waals surface area contributed by atoms with Crippen molar-refractivity contribution in [3.8, 4) is 0 Å². The number of rotatable bonds is 10. The van der Waals surface area contributed by atoms with Gasteiger partial charge in [0.1, 0.15) is 60.7 Å². The number of hydrogen-bond donors (Lipinski definition) is 8. The summed E-state index contributed by atoms with van der Waals surface area (Å²) < 4.78 is 63.3. The van der Waals surface area contributed by atoms with Crippen LogP contribution in [-0.2, 0) is 41.4 Å². The standard InChI is InChI=1S/C20H31N5O16P2/c1-20(2)38-14-8(36-18(15(14)39-20)25-6-24-9-16(21)22-5-23-17(9)25)4-35-42(31,32)41-43(33,34)40-19-12(30)10(28)11(29)13(37-19)7(27)3-26/h5-8,10-15,18-19,26-30H,3-4H2,1-2H3,(H,31,32)(H,33,34)(H2,21,22,23)/t7-,8-,10+,11+,12?,13?,14+,15?,18-,19+/m1/s1. The van der Waals surface area contributed by atoms with Gasteiger partial charge in [-0.05, 0) is 13.8 Å². The van der Waals surface area contributed by atoms with E-state index in [1.807, 2.05) is 0 Å². The number of nitrogen functional groups attached to an aromatic ring is 1. The number of aliphatic hydroxyl groups excluding tert-OH is 5. The fourth-order valence-electron chi connectivity index (χ4n) is 4.93.